The Hall–Kier alpha value is -2.71. The Morgan fingerprint density at radius 3 is 2.57 bits per heavy atom. The predicted molar refractivity (Wildman–Crippen MR) is 137 cm³/mol. The van der Waals surface area contributed by atoms with Crippen LogP contribution in [0.15, 0.2) is 48.7 Å². The van der Waals surface area contributed by atoms with E-state index in [0.29, 0.717) is 10.8 Å². The largest absolute Gasteiger partial charge is 0.369 e. The molecule has 1 amide bonds. The van der Waals surface area contributed by atoms with Crippen molar-refractivity contribution in [3.05, 3.63) is 75.7 Å². The number of ether oxygens (including phenoxy) is 1. The van der Waals surface area contributed by atoms with Crippen molar-refractivity contribution in [2.24, 2.45) is 5.73 Å². The van der Waals surface area contributed by atoms with Crippen molar-refractivity contribution >= 4 is 40.6 Å². The van der Waals surface area contributed by atoms with Crippen LogP contribution in [0.4, 0.5) is 15.9 Å². The molecule has 6 nitrogen and oxygen atoms in total. The summed E-state index contributed by atoms with van der Waals surface area (Å²) in [4.78, 5) is 21.5. The summed E-state index contributed by atoms with van der Waals surface area (Å²) in [6, 6.07) is 11.9. The molecule has 2 atom stereocenters. The van der Waals surface area contributed by atoms with Gasteiger partial charge in [-0.05, 0) is 55.2 Å². The third kappa shape index (κ3) is 4.74. The lowest BCUT2D eigenvalue weighted by Crippen LogP contribution is -2.34. The van der Waals surface area contributed by atoms with Gasteiger partial charge in [0.1, 0.15) is 18.1 Å². The van der Waals surface area contributed by atoms with E-state index in [0.717, 1.165) is 54.7 Å². The van der Waals surface area contributed by atoms with Crippen molar-refractivity contribution in [2.45, 2.75) is 31.6 Å². The highest BCUT2D eigenvalue weighted by Crippen LogP contribution is 2.41. The van der Waals surface area contributed by atoms with Gasteiger partial charge >= 0.3 is 0 Å². The molecule has 5 rings (SSSR count). The number of hydrogen-bond acceptors (Lipinski definition) is 5. The molecule has 0 radical (unpaired) electrons. The Kier molecular flexibility index (Phi) is 6.68. The zero-order valence-corrected chi connectivity index (χ0v) is 20.7. The molecule has 3 heterocycles. The lowest BCUT2D eigenvalue weighted by Gasteiger charge is -2.32. The van der Waals surface area contributed by atoms with Crippen molar-refractivity contribution in [3.8, 4) is 11.1 Å². The van der Waals surface area contributed by atoms with Gasteiger partial charge in [0.2, 0.25) is 0 Å². The molecule has 0 bridgehead atoms. The third-order valence-electron chi connectivity index (χ3n) is 6.50. The van der Waals surface area contributed by atoms with Crippen molar-refractivity contribution in [1.29, 1.82) is 0 Å². The standard InChI is InChI=1S/C26H25Cl2FN4O2/c1-32(26(34)22-19(28)6-5-7-20(22)29)25-21(33-10-3-2-4-11-33)13-16(14-31-25)17-12-15(8-9-18(17)27)23-24(30)35-23/h5-9,12-14,23-24H,2-4,10-11,30H2,1H3. The minimum Gasteiger partial charge on any atom is -0.369 e. The molecule has 2 aromatic carbocycles. The molecule has 2 saturated heterocycles. The highest BCUT2D eigenvalue weighted by Gasteiger charge is 2.37. The molecule has 35 heavy (non-hydrogen) atoms. The summed E-state index contributed by atoms with van der Waals surface area (Å²) < 4.78 is 19.9. The molecule has 9 heteroatoms. The van der Waals surface area contributed by atoms with Crippen LogP contribution in [0.3, 0.4) is 0 Å². The molecule has 3 aromatic rings. The fraction of sp³-hybridized carbons (Fsp3) is 0.308. The maximum atomic E-state index is 14.5. The van der Waals surface area contributed by atoms with Crippen LogP contribution in [0.25, 0.3) is 11.1 Å². The Morgan fingerprint density at radius 1 is 1.14 bits per heavy atom. The fourth-order valence-corrected chi connectivity index (χ4v) is 4.99. The maximum Gasteiger partial charge on any atom is 0.263 e. The normalized spacial score (nSPS) is 19.5. The number of epoxide rings is 1. The lowest BCUT2D eigenvalue weighted by molar-refractivity contribution is 0.0988. The van der Waals surface area contributed by atoms with Crippen LogP contribution in [0.1, 0.15) is 41.3 Å². The van der Waals surface area contributed by atoms with Gasteiger partial charge < -0.3 is 15.4 Å². The van der Waals surface area contributed by atoms with Crippen LogP contribution in [-0.4, -0.2) is 37.3 Å². The summed E-state index contributed by atoms with van der Waals surface area (Å²) in [7, 11) is 1.58. The van der Waals surface area contributed by atoms with Crippen LogP contribution in [0.2, 0.25) is 10.0 Å². The monoisotopic (exact) mass is 514 g/mol. The molecular weight excluding hydrogens is 490 g/mol. The van der Waals surface area contributed by atoms with E-state index in [1.165, 1.54) is 23.1 Å². The highest BCUT2D eigenvalue weighted by molar-refractivity contribution is 6.34. The smallest absolute Gasteiger partial charge is 0.263 e. The second kappa shape index (κ2) is 9.74. The van der Waals surface area contributed by atoms with Gasteiger partial charge in [-0.25, -0.2) is 9.37 Å². The second-order valence-corrected chi connectivity index (χ2v) is 9.65. The Bertz CT molecular complexity index is 1260. The number of aromatic nitrogens is 1. The molecule has 2 N–H and O–H groups in total. The summed E-state index contributed by atoms with van der Waals surface area (Å²) in [5.74, 6) is -0.805. The van der Waals surface area contributed by atoms with Crippen LogP contribution in [0.5, 0.6) is 0 Å². The van der Waals surface area contributed by atoms with E-state index >= 15 is 0 Å². The van der Waals surface area contributed by atoms with Gasteiger partial charge in [0.15, 0.2) is 5.82 Å². The first-order chi connectivity index (χ1) is 16.8. The molecule has 182 valence electrons. The van der Waals surface area contributed by atoms with Crippen molar-refractivity contribution in [3.63, 3.8) is 0 Å². The Labute approximate surface area is 213 Å². The van der Waals surface area contributed by atoms with Gasteiger partial charge in [-0.3, -0.25) is 9.69 Å². The third-order valence-corrected chi connectivity index (χ3v) is 7.14. The summed E-state index contributed by atoms with van der Waals surface area (Å²) in [6.45, 7) is 1.66. The second-order valence-electron chi connectivity index (χ2n) is 8.84. The average molecular weight is 515 g/mol. The van der Waals surface area contributed by atoms with E-state index in [-0.39, 0.29) is 22.9 Å². The number of hydrogen-bond donors (Lipinski definition) is 1. The van der Waals surface area contributed by atoms with Crippen molar-refractivity contribution < 1.29 is 13.9 Å². The number of nitrogens with two attached hydrogens (primary N) is 1. The van der Waals surface area contributed by atoms with E-state index in [9.17, 15) is 9.18 Å². The number of rotatable bonds is 5. The molecular formula is C26H25Cl2FN4O2. The van der Waals surface area contributed by atoms with Gasteiger partial charge in [0.25, 0.3) is 5.91 Å². The number of halogens is 3. The number of carbonyl (C=O) groups excluding carboxylic acids is 1. The Balaban J connectivity index is 1.57. The van der Waals surface area contributed by atoms with E-state index in [1.807, 2.05) is 24.3 Å². The highest BCUT2D eigenvalue weighted by atomic mass is 35.5. The first kappa shape index (κ1) is 24.0. The van der Waals surface area contributed by atoms with Crippen LogP contribution < -0.4 is 15.5 Å². The number of carbonyl (C=O) groups is 1. The number of amides is 1. The molecule has 0 aliphatic carbocycles. The topological polar surface area (TPSA) is 75.0 Å². The SMILES string of the molecule is CN(C(=O)c1c(F)cccc1Cl)c1ncc(-c2cc(C3OC3N)ccc2Cl)cc1N1CCCCC1. The first-order valence-corrected chi connectivity index (χ1v) is 12.3. The molecule has 0 spiro atoms. The van der Waals surface area contributed by atoms with Gasteiger partial charge in [0.05, 0.1) is 16.3 Å². The van der Waals surface area contributed by atoms with Crippen LogP contribution >= 0.6 is 23.2 Å². The summed E-state index contributed by atoms with van der Waals surface area (Å²) in [5, 5.41) is 0.631. The number of anilines is 2. The zero-order valence-electron chi connectivity index (χ0n) is 19.2. The lowest BCUT2D eigenvalue weighted by atomic mass is 10.0. The molecule has 2 aliphatic rings. The quantitative estimate of drug-likeness (QED) is 0.434. The number of pyridine rings is 1. The number of nitrogens with zero attached hydrogens (tertiary/aromatic N) is 3. The van der Waals surface area contributed by atoms with Crippen molar-refractivity contribution in [1.82, 2.24) is 4.98 Å². The van der Waals surface area contributed by atoms with Crippen LogP contribution in [0, 0.1) is 5.82 Å². The fourth-order valence-electron chi connectivity index (χ4n) is 4.52. The van der Waals surface area contributed by atoms with Crippen molar-refractivity contribution in [2.75, 3.05) is 29.9 Å². The summed E-state index contributed by atoms with van der Waals surface area (Å²) >= 11 is 12.7. The maximum absolute atomic E-state index is 14.5. The molecule has 1 aromatic heterocycles. The molecule has 2 aliphatic heterocycles. The number of benzene rings is 2. The molecule has 0 saturated carbocycles. The van der Waals surface area contributed by atoms with Crippen LogP contribution in [-0.2, 0) is 4.74 Å². The minimum absolute atomic E-state index is 0.0575. The first-order valence-electron chi connectivity index (χ1n) is 11.5. The summed E-state index contributed by atoms with van der Waals surface area (Å²) in [5.41, 5.74) is 9.01. The molecule has 2 unspecified atom stereocenters. The van der Waals surface area contributed by atoms with Gasteiger partial charge in [-0.1, -0.05) is 35.3 Å². The predicted octanol–water partition coefficient (Wildman–Crippen LogP) is 5.82. The van der Waals surface area contributed by atoms with Gasteiger partial charge in [0, 0.05) is 42.5 Å². The Morgan fingerprint density at radius 2 is 1.89 bits per heavy atom. The summed E-state index contributed by atoms with van der Waals surface area (Å²) in [6.07, 6.45) is 4.44. The zero-order chi connectivity index (χ0) is 24.7. The minimum atomic E-state index is -0.672. The van der Waals surface area contributed by atoms with E-state index in [2.05, 4.69) is 9.88 Å². The van der Waals surface area contributed by atoms with Gasteiger partial charge in [-0.2, -0.15) is 0 Å². The van der Waals surface area contributed by atoms with Gasteiger partial charge in [-0.15, -0.1) is 0 Å². The van der Waals surface area contributed by atoms with E-state index in [1.54, 1.807) is 13.2 Å². The molecule has 2 fully saturated rings. The number of piperidine rings is 1. The average Bonchev–Trinajstić information content (AvgIpc) is 3.60. The van der Waals surface area contributed by atoms with E-state index < -0.39 is 11.7 Å². The van der Waals surface area contributed by atoms with E-state index in [4.69, 9.17) is 33.7 Å².